The van der Waals surface area contributed by atoms with Crippen LogP contribution in [0.25, 0.3) is 0 Å². The molecule has 0 saturated heterocycles. The van der Waals surface area contributed by atoms with Gasteiger partial charge in [-0.25, -0.2) is 5.11 Å². The van der Waals surface area contributed by atoms with Crippen LogP contribution in [0.2, 0.25) is 0 Å². The lowest BCUT2D eigenvalue weighted by atomic mass is 10.0. The Kier molecular flexibility index (Phi) is 8.92. The van der Waals surface area contributed by atoms with Gasteiger partial charge in [0.05, 0.1) is 7.11 Å². The van der Waals surface area contributed by atoms with E-state index in [1.807, 2.05) is 0 Å². The summed E-state index contributed by atoms with van der Waals surface area (Å²) in [6.45, 7) is 0. The van der Waals surface area contributed by atoms with Crippen molar-refractivity contribution in [1.82, 2.24) is 0 Å². The van der Waals surface area contributed by atoms with Gasteiger partial charge in [0, 0.05) is 0 Å². The van der Waals surface area contributed by atoms with Gasteiger partial charge in [-0.1, -0.05) is 44.9 Å². The third-order valence-corrected chi connectivity index (χ3v) is 1.82. The molecule has 1 heteroatoms. The molecule has 0 amide bonds. The summed E-state index contributed by atoms with van der Waals surface area (Å²) in [5.41, 5.74) is 0. The Morgan fingerprint density at radius 1 is 0.800 bits per heavy atom. The van der Waals surface area contributed by atoms with Crippen molar-refractivity contribution in [3.8, 4) is 0 Å². The van der Waals surface area contributed by atoms with Crippen molar-refractivity contribution in [3.63, 3.8) is 0 Å². The molecule has 10 heavy (non-hydrogen) atoms. The summed E-state index contributed by atoms with van der Waals surface area (Å²) in [5.74, 6) is 0. The lowest BCUT2D eigenvalue weighted by Gasteiger charge is -2.05. The molecule has 0 aromatic heterocycles. The second kappa shape index (κ2) is 8.96. The van der Waals surface area contributed by atoms with Gasteiger partial charge in [-0.15, -0.1) is 0 Å². The van der Waals surface area contributed by atoms with E-state index in [9.17, 15) is 0 Å². The first-order valence-corrected chi connectivity index (χ1v) is 4.22. The zero-order valence-corrected chi connectivity index (χ0v) is 6.94. The van der Waals surface area contributed by atoms with E-state index in [0.717, 1.165) is 7.11 Å². The van der Waals surface area contributed by atoms with Gasteiger partial charge >= 0.3 is 0 Å². The van der Waals surface area contributed by atoms with Crippen LogP contribution in [0.15, 0.2) is 0 Å². The summed E-state index contributed by atoms with van der Waals surface area (Å²) in [7, 11) is 0.750. The molecule has 1 saturated carbocycles. The summed E-state index contributed by atoms with van der Waals surface area (Å²) < 4.78 is 0. The summed E-state index contributed by atoms with van der Waals surface area (Å²) in [6.07, 6.45) is 12.5. The van der Waals surface area contributed by atoms with E-state index < -0.39 is 0 Å². The van der Waals surface area contributed by atoms with Crippen LogP contribution in [0, 0.1) is 6.42 Å². The van der Waals surface area contributed by atoms with Gasteiger partial charge in [0.25, 0.3) is 0 Å². The highest BCUT2D eigenvalue weighted by Crippen LogP contribution is 2.14. The van der Waals surface area contributed by atoms with Gasteiger partial charge in [-0.05, 0) is 6.42 Å². The quantitative estimate of drug-likeness (QED) is 0.495. The van der Waals surface area contributed by atoms with E-state index in [2.05, 4.69) is 6.42 Å². The second-order valence-electron chi connectivity index (χ2n) is 2.63. The molecule has 0 bridgehead atoms. The Morgan fingerprint density at radius 2 is 1.20 bits per heavy atom. The third kappa shape index (κ3) is 6.09. The number of rotatable bonds is 0. The minimum Gasteiger partial charge on any atom is -0.240 e. The topological polar surface area (TPSA) is 19.9 Å². The minimum absolute atomic E-state index is 0.750. The number of hydrogen-bond acceptors (Lipinski definition) is 0. The van der Waals surface area contributed by atoms with E-state index >= 15 is 0 Å². The van der Waals surface area contributed by atoms with Crippen LogP contribution in [0.1, 0.15) is 44.9 Å². The van der Waals surface area contributed by atoms with E-state index in [-0.39, 0.29) is 0 Å². The maximum Gasteiger partial charge on any atom is 0.0712 e. The fourth-order valence-corrected chi connectivity index (χ4v) is 1.25. The zero-order valence-electron chi connectivity index (χ0n) is 6.94. The molecule has 1 aliphatic carbocycles. The van der Waals surface area contributed by atoms with Crippen molar-refractivity contribution >= 4 is 0 Å². The predicted octanol–water partition coefficient (Wildman–Crippen LogP) is 2.98. The lowest BCUT2D eigenvalue weighted by molar-refractivity contribution is 0.282. The highest BCUT2D eigenvalue weighted by Gasteiger charge is 1.95. The molecule has 0 aromatic rings. The van der Waals surface area contributed by atoms with Crippen LogP contribution in [0.5, 0.6) is 0 Å². The van der Waals surface area contributed by atoms with Crippen LogP contribution in [0.4, 0.5) is 0 Å². The molecule has 0 unspecified atom stereocenters. The largest absolute Gasteiger partial charge is 0.240 e. The predicted molar refractivity (Wildman–Crippen MR) is 43.2 cm³/mol. The van der Waals surface area contributed by atoms with Gasteiger partial charge in [-0.3, -0.25) is 0 Å². The fraction of sp³-hybridized carbons (Fsp3) is 0.889. The summed E-state index contributed by atoms with van der Waals surface area (Å²) in [5, 5.41) is 8.25. The van der Waals surface area contributed by atoms with Crippen LogP contribution < -0.4 is 0 Å². The van der Waals surface area contributed by atoms with Crippen LogP contribution in [0.3, 0.4) is 0 Å². The molecule has 1 fully saturated rings. The maximum absolute atomic E-state index is 8.25. The molecule has 1 rings (SSSR count). The molecule has 0 aliphatic heterocycles. The summed E-state index contributed by atoms with van der Waals surface area (Å²) in [6, 6.07) is 0. The molecular formula is C9H18O. The molecule has 0 atom stereocenters. The second-order valence-corrected chi connectivity index (χ2v) is 2.63. The molecule has 0 N–H and O–H groups in total. The summed E-state index contributed by atoms with van der Waals surface area (Å²) >= 11 is 0. The normalized spacial score (nSPS) is 19.8. The highest BCUT2D eigenvalue weighted by atomic mass is 16.2. The molecule has 0 heterocycles. The zero-order chi connectivity index (χ0) is 7.66. The smallest absolute Gasteiger partial charge is 0.0712 e. The molecular weight excluding hydrogens is 124 g/mol. The van der Waals surface area contributed by atoms with Gasteiger partial charge in [0.15, 0.2) is 0 Å². The van der Waals surface area contributed by atoms with E-state index in [0.29, 0.717) is 0 Å². The first-order valence-electron chi connectivity index (χ1n) is 4.22. The molecule has 2 radical (unpaired) electrons. The van der Waals surface area contributed by atoms with Gasteiger partial charge in [-0.2, -0.15) is 0 Å². The van der Waals surface area contributed by atoms with Crippen LogP contribution >= 0.6 is 0 Å². The van der Waals surface area contributed by atoms with E-state index in [4.69, 9.17) is 5.11 Å². The molecule has 0 spiro atoms. The molecule has 1 nitrogen and oxygen atoms in total. The molecule has 0 aromatic carbocycles. The number of hydrogen-bond donors (Lipinski definition) is 0. The Balaban J connectivity index is 0.000000371. The third-order valence-electron chi connectivity index (χ3n) is 1.82. The van der Waals surface area contributed by atoms with Crippen molar-refractivity contribution in [2.24, 2.45) is 0 Å². The van der Waals surface area contributed by atoms with Gasteiger partial charge in [0.2, 0.25) is 0 Å². The van der Waals surface area contributed by atoms with Gasteiger partial charge < -0.3 is 0 Å². The van der Waals surface area contributed by atoms with Crippen molar-refractivity contribution < 1.29 is 5.11 Å². The SMILES string of the molecule is C[O].[CH]1CCCCCCC1. The van der Waals surface area contributed by atoms with Crippen LogP contribution in [-0.2, 0) is 5.11 Å². The lowest BCUT2D eigenvalue weighted by Crippen LogP contribution is -1.86. The van der Waals surface area contributed by atoms with Crippen molar-refractivity contribution in [2.45, 2.75) is 44.9 Å². The average molecular weight is 142 g/mol. The average Bonchev–Trinajstić information content (AvgIpc) is 1.90. The van der Waals surface area contributed by atoms with Crippen molar-refractivity contribution in [3.05, 3.63) is 6.42 Å². The fourth-order valence-electron chi connectivity index (χ4n) is 1.25. The highest BCUT2D eigenvalue weighted by molar-refractivity contribution is 4.66. The first-order chi connectivity index (χ1) is 5.00. The first kappa shape index (κ1) is 9.96. The Morgan fingerprint density at radius 3 is 1.70 bits per heavy atom. The van der Waals surface area contributed by atoms with Crippen molar-refractivity contribution in [2.75, 3.05) is 7.11 Å². The summed E-state index contributed by atoms with van der Waals surface area (Å²) in [4.78, 5) is 0. The maximum atomic E-state index is 8.25. The molecule has 60 valence electrons. The van der Waals surface area contributed by atoms with E-state index in [1.54, 1.807) is 0 Å². The molecule has 1 aliphatic rings. The Hall–Kier alpha value is -0.0400. The van der Waals surface area contributed by atoms with Crippen LogP contribution in [-0.4, -0.2) is 7.11 Å². The van der Waals surface area contributed by atoms with Gasteiger partial charge in [0.1, 0.15) is 0 Å². The van der Waals surface area contributed by atoms with Crippen molar-refractivity contribution in [1.29, 1.82) is 0 Å². The Labute approximate surface area is 64.5 Å². The monoisotopic (exact) mass is 142 g/mol. The minimum atomic E-state index is 0.750. The van der Waals surface area contributed by atoms with E-state index in [1.165, 1.54) is 44.9 Å². The standard InChI is InChI=1S/C8H15.CH3O/c1-2-4-6-8-7-5-3-1;1-2/h1H,2-8H2;1H3. The Bertz CT molecular complexity index is 28.7.